The van der Waals surface area contributed by atoms with E-state index >= 15 is 0 Å². The number of nitrogens with one attached hydrogen (secondary N) is 1. The van der Waals surface area contributed by atoms with Gasteiger partial charge in [-0.2, -0.15) is 4.37 Å². The minimum atomic E-state index is -1.02. The molecule has 38 heavy (non-hydrogen) atoms. The van der Waals surface area contributed by atoms with E-state index in [0.717, 1.165) is 11.5 Å². The Bertz CT molecular complexity index is 1390. The summed E-state index contributed by atoms with van der Waals surface area (Å²) in [5, 5.41) is 12.7. The number of aromatic hydroxyl groups is 1. The lowest BCUT2D eigenvalue weighted by atomic mass is 10.0. The fourth-order valence-corrected chi connectivity index (χ4v) is 4.67. The molecule has 6 N–H and O–H groups in total. The van der Waals surface area contributed by atoms with Gasteiger partial charge in [-0.1, -0.05) is 25.3 Å². The molecule has 11 nitrogen and oxygen atoms in total. The number of primary amides is 1. The van der Waals surface area contributed by atoms with Crippen LogP contribution < -0.4 is 31.2 Å². The molecule has 2 heterocycles. The number of phenolic OH excluding ortho intramolecular Hbond substituents is 1. The third-order valence-electron chi connectivity index (χ3n) is 5.67. The number of hydrogen-bond acceptors (Lipinski definition) is 10. The molecular weight excluding hydrogens is 510 g/mol. The summed E-state index contributed by atoms with van der Waals surface area (Å²) >= 11 is 0.934. The van der Waals surface area contributed by atoms with Crippen molar-refractivity contribution in [1.82, 2.24) is 9.69 Å². The lowest BCUT2D eigenvalue weighted by Gasteiger charge is -2.34. The van der Waals surface area contributed by atoms with Crippen LogP contribution in [0.25, 0.3) is 5.70 Å². The summed E-state index contributed by atoms with van der Waals surface area (Å²) in [7, 11) is 0. The van der Waals surface area contributed by atoms with Gasteiger partial charge in [0, 0.05) is 11.8 Å². The van der Waals surface area contributed by atoms with Gasteiger partial charge in [0.05, 0.1) is 29.4 Å². The summed E-state index contributed by atoms with van der Waals surface area (Å²) in [6.07, 6.45) is 0. The Kier molecular flexibility index (Phi) is 7.72. The predicted octanol–water partition coefficient (Wildman–Crippen LogP) is 3.14. The first-order valence-corrected chi connectivity index (χ1v) is 12.3. The Labute approximate surface area is 223 Å². The summed E-state index contributed by atoms with van der Waals surface area (Å²) in [5.74, 6) is 0.236. The van der Waals surface area contributed by atoms with E-state index in [1.165, 1.54) is 12.1 Å². The van der Waals surface area contributed by atoms with Crippen LogP contribution in [-0.4, -0.2) is 41.2 Å². The molecule has 0 saturated carbocycles. The molecule has 0 aliphatic carbocycles. The maximum Gasteiger partial charge on any atom is 0.270 e. The van der Waals surface area contributed by atoms with Crippen LogP contribution in [0.15, 0.2) is 61.4 Å². The molecule has 0 saturated heterocycles. The molecule has 1 atom stereocenters. The summed E-state index contributed by atoms with van der Waals surface area (Å²) in [6, 6.07) is 10.3. The number of ether oxygens (including phenoxy) is 3. The monoisotopic (exact) mass is 537 g/mol. The van der Waals surface area contributed by atoms with Crippen molar-refractivity contribution in [3.63, 3.8) is 0 Å². The van der Waals surface area contributed by atoms with E-state index in [1.807, 2.05) is 6.92 Å². The van der Waals surface area contributed by atoms with Crippen LogP contribution in [0.1, 0.15) is 33.9 Å². The van der Waals surface area contributed by atoms with E-state index < -0.39 is 17.9 Å². The van der Waals surface area contributed by atoms with Gasteiger partial charge in [0.1, 0.15) is 17.6 Å². The summed E-state index contributed by atoms with van der Waals surface area (Å²) < 4.78 is 20.5. The fourth-order valence-electron chi connectivity index (χ4n) is 3.90. The van der Waals surface area contributed by atoms with Gasteiger partial charge in [0.2, 0.25) is 12.7 Å². The van der Waals surface area contributed by atoms with Crippen molar-refractivity contribution in [2.24, 2.45) is 5.73 Å². The maximum atomic E-state index is 13.8. The van der Waals surface area contributed by atoms with E-state index in [0.29, 0.717) is 40.0 Å². The number of rotatable bonds is 11. The number of carbonyl (C=O) groups is 2. The van der Waals surface area contributed by atoms with Gasteiger partial charge in [-0.15, -0.1) is 0 Å². The molecule has 198 valence electrons. The Morgan fingerprint density at radius 3 is 2.58 bits per heavy atom. The number of aromatic nitrogens is 1. The van der Waals surface area contributed by atoms with Crippen LogP contribution in [0.3, 0.4) is 0 Å². The van der Waals surface area contributed by atoms with Crippen molar-refractivity contribution < 1.29 is 28.9 Å². The Morgan fingerprint density at radius 2 is 1.92 bits per heavy atom. The largest absolute Gasteiger partial charge is 0.508 e. The molecular formula is C26H27N5O6S. The second-order valence-corrected chi connectivity index (χ2v) is 8.95. The van der Waals surface area contributed by atoms with Crippen molar-refractivity contribution in [3.8, 4) is 17.2 Å². The number of phenols is 1. The number of benzene rings is 2. The number of amides is 2. The van der Waals surface area contributed by atoms with Crippen molar-refractivity contribution >= 4 is 40.4 Å². The summed E-state index contributed by atoms with van der Waals surface area (Å²) in [5.41, 5.74) is 12.9. The fraction of sp³-hybridized carbons (Fsp3) is 0.192. The first-order valence-electron chi connectivity index (χ1n) is 11.5. The van der Waals surface area contributed by atoms with Crippen LogP contribution in [0, 0.1) is 0 Å². The number of fused-ring (bicyclic) bond motifs is 1. The quantitative estimate of drug-likeness (QED) is 0.269. The van der Waals surface area contributed by atoms with Gasteiger partial charge in [-0.05, 0) is 48.3 Å². The molecule has 0 spiro atoms. The van der Waals surface area contributed by atoms with Gasteiger partial charge in [0.15, 0.2) is 17.2 Å². The number of carbonyl (C=O) groups excluding carboxylic acids is 2. The molecule has 3 aromatic rings. The summed E-state index contributed by atoms with van der Waals surface area (Å²) in [6.45, 7) is 10.4. The molecule has 1 aromatic heterocycles. The van der Waals surface area contributed by atoms with Crippen molar-refractivity contribution in [2.45, 2.75) is 13.0 Å². The molecule has 1 aliphatic heterocycles. The van der Waals surface area contributed by atoms with Crippen LogP contribution in [0.5, 0.6) is 17.2 Å². The highest BCUT2D eigenvalue weighted by molar-refractivity contribution is 7.08. The highest BCUT2D eigenvalue weighted by Crippen LogP contribution is 2.43. The first kappa shape index (κ1) is 26.4. The molecule has 12 heteroatoms. The lowest BCUT2D eigenvalue weighted by molar-refractivity contribution is -0.122. The number of anilines is 2. The summed E-state index contributed by atoms with van der Waals surface area (Å²) in [4.78, 5) is 27.6. The number of hydrogen-bond donors (Lipinski definition) is 4. The molecule has 1 unspecified atom stereocenters. The number of nitrogens with two attached hydrogens (primary N) is 2. The second kappa shape index (κ2) is 11.1. The molecule has 0 bridgehead atoms. The van der Waals surface area contributed by atoms with E-state index in [4.69, 9.17) is 25.7 Å². The van der Waals surface area contributed by atoms with Gasteiger partial charge < -0.3 is 41.0 Å². The van der Waals surface area contributed by atoms with Crippen LogP contribution >= 0.6 is 11.5 Å². The van der Waals surface area contributed by atoms with E-state index in [-0.39, 0.29) is 36.2 Å². The zero-order valence-electron chi connectivity index (χ0n) is 20.6. The molecule has 1 aliphatic rings. The Hall–Kier alpha value is -4.71. The van der Waals surface area contributed by atoms with E-state index in [1.54, 1.807) is 35.2 Å². The molecule has 0 radical (unpaired) electrons. The smallest absolute Gasteiger partial charge is 0.270 e. The minimum Gasteiger partial charge on any atom is -0.508 e. The minimum absolute atomic E-state index is 0.0314. The van der Waals surface area contributed by atoms with E-state index in [9.17, 15) is 14.7 Å². The molecule has 2 aromatic carbocycles. The van der Waals surface area contributed by atoms with E-state index in [2.05, 4.69) is 22.8 Å². The Balaban J connectivity index is 1.84. The lowest BCUT2D eigenvalue weighted by Crippen LogP contribution is -2.40. The maximum absolute atomic E-state index is 13.8. The highest BCUT2D eigenvalue weighted by Gasteiger charge is 2.33. The predicted molar refractivity (Wildman–Crippen MR) is 144 cm³/mol. The van der Waals surface area contributed by atoms with Gasteiger partial charge in [-0.3, -0.25) is 9.59 Å². The van der Waals surface area contributed by atoms with Gasteiger partial charge >= 0.3 is 0 Å². The molecule has 2 amide bonds. The molecule has 0 fully saturated rings. The van der Waals surface area contributed by atoms with Crippen molar-refractivity contribution in [1.29, 1.82) is 0 Å². The first-order chi connectivity index (χ1) is 18.2. The SMILES string of the molecule is C=C(CNC(=O)C(c1ccc(O)cc1)N(C(=C)c1snc(C(N)=O)c1N)c1ccc2c(c1)OCO2)OCC. The normalized spacial score (nSPS) is 12.4. The standard InChI is InChI=1S/C26H27N5O6S/c1-4-35-14(2)12-29-26(34)23(16-5-8-18(32)9-6-16)31(17-7-10-19-20(11-17)37-13-36-19)15(3)24-21(27)22(25(28)33)30-38-24/h5-11,23,32H,2-4,12-13,27H2,1H3,(H2,28,33)(H,29,34). The van der Waals surface area contributed by atoms with Crippen LogP contribution in [0.4, 0.5) is 11.4 Å². The second-order valence-electron chi connectivity index (χ2n) is 8.18. The zero-order chi connectivity index (χ0) is 27.4. The topological polar surface area (TPSA) is 162 Å². The number of nitrogens with zero attached hydrogens (tertiary/aromatic N) is 2. The van der Waals surface area contributed by atoms with Crippen molar-refractivity contribution in [3.05, 3.63) is 77.5 Å². The van der Waals surface area contributed by atoms with Gasteiger partial charge in [-0.25, -0.2) is 0 Å². The van der Waals surface area contributed by atoms with Gasteiger partial charge in [0.25, 0.3) is 5.91 Å². The average molecular weight is 538 g/mol. The third-order valence-corrected chi connectivity index (χ3v) is 6.58. The highest BCUT2D eigenvalue weighted by atomic mass is 32.1. The average Bonchev–Trinajstić information content (AvgIpc) is 3.52. The molecule has 4 rings (SSSR count). The third kappa shape index (κ3) is 5.34. The van der Waals surface area contributed by atoms with Crippen LogP contribution in [0.2, 0.25) is 0 Å². The number of nitrogen functional groups attached to an aromatic ring is 1. The Morgan fingerprint density at radius 1 is 1.21 bits per heavy atom. The van der Waals surface area contributed by atoms with Crippen LogP contribution in [-0.2, 0) is 9.53 Å². The zero-order valence-corrected chi connectivity index (χ0v) is 21.4. The van der Waals surface area contributed by atoms with Crippen molar-refractivity contribution in [2.75, 3.05) is 30.6 Å².